The Labute approximate surface area is 133 Å². The van der Waals surface area contributed by atoms with E-state index in [1.807, 2.05) is 0 Å². The predicted molar refractivity (Wildman–Crippen MR) is 94.3 cm³/mol. The first kappa shape index (κ1) is 13.8. The quantitative estimate of drug-likeness (QED) is 0.662. The van der Waals surface area contributed by atoms with Gasteiger partial charge in [-0.15, -0.1) is 0 Å². The summed E-state index contributed by atoms with van der Waals surface area (Å²) in [6, 6.07) is 15.7. The van der Waals surface area contributed by atoms with E-state index in [0.29, 0.717) is 11.8 Å². The van der Waals surface area contributed by atoms with Gasteiger partial charge in [-0.3, -0.25) is 0 Å². The minimum atomic E-state index is 0.609. The van der Waals surface area contributed by atoms with Crippen LogP contribution in [-0.2, 0) is 12.8 Å². The minimum absolute atomic E-state index is 0.609. The molecule has 0 fully saturated rings. The van der Waals surface area contributed by atoms with Gasteiger partial charge in [0.1, 0.15) is 0 Å². The summed E-state index contributed by atoms with van der Waals surface area (Å²) in [4.78, 5) is 0. The highest BCUT2D eigenvalue weighted by atomic mass is 14.3. The van der Waals surface area contributed by atoms with Gasteiger partial charge in [-0.1, -0.05) is 61.5 Å². The van der Waals surface area contributed by atoms with Crippen molar-refractivity contribution in [3.63, 3.8) is 0 Å². The van der Waals surface area contributed by atoms with E-state index in [0.717, 1.165) is 0 Å². The molecule has 0 aliphatic heterocycles. The first-order valence-corrected chi connectivity index (χ1v) is 8.71. The molecule has 0 heteroatoms. The molecule has 2 aromatic rings. The van der Waals surface area contributed by atoms with Gasteiger partial charge in [-0.2, -0.15) is 0 Å². The van der Waals surface area contributed by atoms with Crippen LogP contribution < -0.4 is 0 Å². The summed E-state index contributed by atoms with van der Waals surface area (Å²) in [5, 5.41) is 0. The second-order valence-electron chi connectivity index (χ2n) is 6.93. The Morgan fingerprint density at radius 2 is 1.82 bits per heavy atom. The molecule has 0 nitrogen and oxygen atoms in total. The lowest BCUT2D eigenvalue weighted by Gasteiger charge is -2.24. The molecule has 0 amide bonds. The molecule has 0 N–H and O–H groups in total. The highest BCUT2D eigenvalue weighted by Crippen LogP contribution is 2.42. The average molecular weight is 288 g/mol. The maximum absolute atomic E-state index is 2.44. The Morgan fingerprint density at radius 1 is 1.00 bits per heavy atom. The first-order chi connectivity index (χ1) is 10.8. The van der Waals surface area contributed by atoms with Crippen molar-refractivity contribution in [1.29, 1.82) is 0 Å². The molecule has 0 spiro atoms. The summed E-state index contributed by atoms with van der Waals surface area (Å²) in [7, 11) is 0. The summed E-state index contributed by atoms with van der Waals surface area (Å²) in [6.07, 6.45) is 11.3. The average Bonchev–Trinajstić information content (AvgIpc) is 2.99. The van der Waals surface area contributed by atoms with Crippen LogP contribution in [0.1, 0.15) is 65.8 Å². The number of rotatable bonds is 3. The zero-order chi connectivity index (χ0) is 14.9. The highest BCUT2D eigenvalue weighted by molar-refractivity contribution is 5.66. The zero-order valence-corrected chi connectivity index (χ0v) is 13.4. The lowest BCUT2D eigenvalue weighted by atomic mass is 9.80. The maximum Gasteiger partial charge on any atom is 0.00357 e. The lowest BCUT2D eigenvalue weighted by molar-refractivity contribution is 0.617. The standard InChI is InChI=1S/C22H24/c1-16(17-7-3-2-4-8-17)15-20-14-13-19-12-11-18-9-5-6-10-21(18)22(19)20/h2-4,7-8,11-14,16,20H,5-6,9-10,15H2,1H3. The number of hydrogen-bond donors (Lipinski definition) is 0. The second kappa shape index (κ2) is 5.76. The molecule has 0 radical (unpaired) electrons. The summed E-state index contributed by atoms with van der Waals surface area (Å²) >= 11 is 0. The van der Waals surface area contributed by atoms with Crippen LogP contribution in [0.3, 0.4) is 0 Å². The van der Waals surface area contributed by atoms with Crippen LogP contribution in [0, 0.1) is 0 Å². The van der Waals surface area contributed by atoms with Gasteiger partial charge < -0.3 is 0 Å². The Bertz CT molecular complexity index is 693. The minimum Gasteiger partial charge on any atom is -0.0763 e. The monoisotopic (exact) mass is 288 g/mol. The van der Waals surface area contributed by atoms with Crippen LogP contribution in [0.25, 0.3) is 6.08 Å². The SMILES string of the molecule is CC(CC1C=Cc2ccc3c(c21)CCCC3)c1ccccc1. The van der Waals surface area contributed by atoms with Gasteiger partial charge in [-0.05, 0) is 65.8 Å². The van der Waals surface area contributed by atoms with Crippen molar-refractivity contribution < 1.29 is 0 Å². The van der Waals surface area contributed by atoms with Gasteiger partial charge in [-0.25, -0.2) is 0 Å². The van der Waals surface area contributed by atoms with E-state index in [1.165, 1.54) is 43.2 Å². The van der Waals surface area contributed by atoms with Crippen LogP contribution in [0.5, 0.6) is 0 Å². The Hall–Kier alpha value is -1.82. The molecule has 0 aromatic heterocycles. The van der Waals surface area contributed by atoms with Crippen LogP contribution in [0.2, 0.25) is 0 Å². The fourth-order valence-electron chi connectivity index (χ4n) is 4.27. The van der Waals surface area contributed by atoms with Gasteiger partial charge in [0.15, 0.2) is 0 Å². The van der Waals surface area contributed by atoms with Crippen LogP contribution >= 0.6 is 0 Å². The van der Waals surface area contributed by atoms with E-state index < -0.39 is 0 Å². The van der Waals surface area contributed by atoms with Crippen molar-refractivity contribution in [1.82, 2.24) is 0 Å². The molecule has 112 valence electrons. The van der Waals surface area contributed by atoms with Crippen molar-refractivity contribution in [3.8, 4) is 0 Å². The van der Waals surface area contributed by atoms with Gasteiger partial charge in [0.2, 0.25) is 0 Å². The molecule has 2 aromatic carbocycles. The maximum atomic E-state index is 2.44. The fourth-order valence-corrected chi connectivity index (χ4v) is 4.27. The van der Waals surface area contributed by atoms with E-state index >= 15 is 0 Å². The topological polar surface area (TPSA) is 0 Å². The predicted octanol–water partition coefficient (Wildman–Crippen LogP) is 5.87. The molecular formula is C22H24. The molecule has 2 aliphatic carbocycles. The lowest BCUT2D eigenvalue weighted by Crippen LogP contribution is -2.10. The summed E-state index contributed by atoms with van der Waals surface area (Å²) < 4.78 is 0. The zero-order valence-electron chi connectivity index (χ0n) is 13.4. The van der Waals surface area contributed by atoms with Gasteiger partial charge in [0.05, 0.1) is 0 Å². The first-order valence-electron chi connectivity index (χ1n) is 8.71. The molecule has 0 saturated heterocycles. The number of aryl methyl sites for hydroxylation is 1. The molecule has 0 saturated carbocycles. The van der Waals surface area contributed by atoms with E-state index in [-0.39, 0.29) is 0 Å². The number of allylic oxidation sites excluding steroid dienone is 1. The van der Waals surface area contributed by atoms with Crippen LogP contribution in [-0.4, -0.2) is 0 Å². The molecule has 22 heavy (non-hydrogen) atoms. The molecular weight excluding hydrogens is 264 g/mol. The highest BCUT2D eigenvalue weighted by Gasteiger charge is 2.25. The molecule has 4 rings (SSSR count). The summed E-state index contributed by atoms with van der Waals surface area (Å²) in [5.41, 5.74) is 7.89. The Balaban J connectivity index is 1.63. The Kier molecular flexibility index (Phi) is 3.62. The molecule has 2 unspecified atom stereocenters. The van der Waals surface area contributed by atoms with Gasteiger partial charge in [0, 0.05) is 5.92 Å². The van der Waals surface area contributed by atoms with E-state index in [4.69, 9.17) is 0 Å². The smallest absolute Gasteiger partial charge is 0.00357 e. The van der Waals surface area contributed by atoms with Crippen LogP contribution in [0.4, 0.5) is 0 Å². The Morgan fingerprint density at radius 3 is 2.68 bits per heavy atom. The van der Waals surface area contributed by atoms with Gasteiger partial charge >= 0.3 is 0 Å². The van der Waals surface area contributed by atoms with Crippen molar-refractivity contribution >= 4 is 6.08 Å². The van der Waals surface area contributed by atoms with Crippen molar-refractivity contribution in [2.45, 2.75) is 50.9 Å². The van der Waals surface area contributed by atoms with Crippen molar-refractivity contribution in [2.24, 2.45) is 0 Å². The fraction of sp³-hybridized carbons (Fsp3) is 0.364. The van der Waals surface area contributed by atoms with Crippen LogP contribution in [0.15, 0.2) is 48.5 Å². The van der Waals surface area contributed by atoms with Crippen molar-refractivity contribution in [3.05, 3.63) is 76.4 Å². The third kappa shape index (κ3) is 2.41. The normalized spacial score (nSPS) is 20.5. The third-order valence-corrected chi connectivity index (χ3v) is 5.47. The van der Waals surface area contributed by atoms with Crippen molar-refractivity contribution in [2.75, 3.05) is 0 Å². The number of hydrogen-bond acceptors (Lipinski definition) is 0. The molecule has 0 heterocycles. The summed E-state index contributed by atoms with van der Waals surface area (Å²) in [6.45, 7) is 2.37. The largest absolute Gasteiger partial charge is 0.0763 e. The molecule has 0 bridgehead atoms. The van der Waals surface area contributed by atoms with E-state index in [2.05, 4.69) is 61.5 Å². The molecule has 2 aliphatic rings. The number of benzene rings is 2. The molecule has 2 atom stereocenters. The third-order valence-electron chi connectivity index (χ3n) is 5.47. The van der Waals surface area contributed by atoms with E-state index in [9.17, 15) is 0 Å². The summed E-state index contributed by atoms with van der Waals surface area (Å²) in [5.74, 6) is 1.22. The van der Waals surface area contributed by atoms with E-state index in [1.54, 1.807) is 16.7 Å². The number of fused-ring (bicyclic) bond motifs is 3. The second-order valence-corrected chi connectivity index (χ2v) is 6.93. The van der Waals surface area contributed by atoms with Gasteiger partial charge in [0.25, 0.3) is 0 Å².